The molecule has 1 fully saturated rings. The van der Waals surface area contributed by atoms with E-state index >= 15 is 0 Å². The number of halogens is 2. The van der Waals surface area contributed by atoms with Crippen LogP contribution >= 0.6 is 15.9 Å². The lowest BCUT2D eigenvalue weighted by Crippen LogP contribution is -2.35. The Morgan fingerprint density at radius 2 is 1.95 bits per heavy atom. The molecule has 1 aromatic carbocycles. The lowest BCUT2D eigenvalue weighted by molar-refractivity contribution is 0.339. The number of benzene rings is 1. The molecule has 0 bridgehead atoms. The normalized spacial score (nSPS) is 22.6. The highest BCUT2D eigenvalue weighted by atomic mass is 79.9. The summed E-state index contributed by atoms with van der Waals surface area (Å²) in [6.45, 7) is 2.27. The zero-order valence-electron chi connectivity index (χ0n) is 11.9. The Balaban J connectivity index is 2.24. The van der Waals surface area contributed by atoms with Gasteiger partial charge in [-0.25, -0.2) is 4.39 Å². The molecule has 2 rings (SSSR count). The van der Waals surface area contributed by atoms with Crippen molar-refractivity contribution < 1.29 is 4.39 Å². The maximum atomic E-state index is 14.5. The molecule has 0 amide bonds. The molecule has 3 nitrogen and oxygen atoms in total. The maximum Gasteiger partial charge on any atom is 0.161 e. The average molecular weight is 342 g/mol. The van der Waals surface area contributed by atoms with Gasteiger partial charge >= 0.3 is 0 Å². The first kappa shape index (κ1) is 15.3. The first-order valence-corrected chi connectivity index (χ1v) is 7.76. The summed E-state index contributed by atoms with van der Waals surface area (Å²) in [5, 5.41) is 7.44. The fourth-order valence-electron chi connectivity index (χ4n) is 2.85. The highest BCUT2D eigenvalue weighted by molar-refractivity contribution is 9.10. The van der Waals surface area contributed by atoms with Gasteiger partial charge in [-0.2, -0.15) is 0 Å². The van der Waals surface area contributed by atoms with Crippen molar-refractivity contribution in [1.82, 2.24) is 0 Å². The summed E-state index contributed by atoms with van der Waals surface area (Å²) in [5.41, 5.74) is 6.41. The number of anilines is 1. The number of amidine groups is 1. The van der Waals surface area contributed by atoms with Crippen molar-refractivity contribution in [3.8, 4) is 0 Å². The molecule has 0 spiro atoms. The number of nitrogens with one attached hydrogen (secondary N) is 1. The molecule has 0 saturated heterocycles. The molecule has 20 heavy (non-hydrogen) atoms. The molecule has 0 aromatic heterocycles. The topological polar surface area (TPSA) is 53.1 Å². The largest absolute Gasteiger partial charge is 0.384 e. The Morgan fingerprint density at radius 1 is 1.35 bits per heavy atom. The second-order valence-corrected chi connectivity index (χ2v) is 6.49. The van der Waals surface area contributed by atoms with Crippen LogP contribution in [0.3, 0.4) is 0 Å². The minimum atomic E-state index is -0.334. The number of hydrogen-bond donors (Lipinski definition) is 2. The quantitative estimate of drug-likeness (QED) is 0.647. The van der Waals surface area contributed by atoms with Crippen LogP contribution in [-0.2, 0) is 0 Å². The van der Waals surface area contributed by atoms with Crippen molar-refractivity contribution in [2.45, 2.75) is 38.6 Å². The van der Waals surface area contributed by atoms with E-state index in [0.29, 0.717) is 17.3 Å². The van der Waals surface area contributed by atoms with Crippen molar-refractivity contribution in [1.29, 1.82) is 5.41 Å². The minimum absolute atomic E-state index is 0.128. The van der Waals surface area contributed by atoms with Crippen molar-refractivity contribution in [3.63, 3.8) is 0 Å². The fraction of sp³-hybridized carbons (Fsp3) is 0.533. The Morgan fingerprint density at radius 3 is 2.50 bits per heavy atom. The van der Waals surface area contributed by atoms with Gasteiger partial charge < -0.3 is 10.6 Å². The van der Waals surface area contributed by atoms with E-state index in [9.17, 15) is 4.39 Å². The Labute approximate surface area is 128 Å². The van der Waals surface area contributed by atoms with E-state index in [1.165, 1.54) is 12.8 Å². The van der Waals surface area contributed by atoms with Crippen LogP contribution in [0.1, 0.15) is 38.2 Å². The fourth-order valence-corrected chi connectivity index (χ4v) is 3.40. The number of nitrogens with zero attached hydrogens (tertiary/aromatic N) is 1. The molecular formula is C15H21BrFN3. The highest BCUT2D eigenvalue weighted by Crippen LogP contribution is 2.33. The van der Waals surface area contributed by atoms with E-state index in [-0.39, 0.29) is 16.1 Å². The van der Waals surface area contributed by atoms with E-state index in [0.717, 1.165) is 18.8 Å². The molecule has 1 aliphatic carbocycles. The molecule has 3 N–H and O–H groups in total. The van der Waals surface area contributed by atoms with Gasteiger partial charge in [0.2, 0.25) is 0 Å². The smallest absolute Gasteiger partial charge is 0.161 e. The van der Waals surface area contributed by atoms with E-state index < -0.39 is 0 Å². The number of hydrogen-bond acceptors (Lipinski definition) is 2. The van der Waals surface area contributed by atoms with E-state index in [4.69, 9.17) is 11.1 Å². The first-order valence-electron chi connectivity index (χ1n) is 6.97. The van der Waals surface area contributed by atoms with Crippen molar-refractivity contribution >= 4 is 27.5 Å². The lowest BCUT2D eigenvalue weighted by Gasteiger charge is -2.35. The van der Waals surface area contributed by atoms with Gasteiger partial charge in [0.15, 0.2) is 5.82 Å². The predicted octanol–water partition coefficient (Wildman–Crippen LogP) is 3.89. The van der Waals surface area contributed by atoms with E-state index in [1.807, 2.05) is 11.9 Å². The zero-order chi connectivity index (χ0) is 14.9. The highest BCUT2D eigenvalue weighted by Gasteiger charge is 2.24. The van der Waals surface area contributed by atoms with Crippen LogP contribution in [0.25, 0.3) is 0 Å². The third-order valence-electron chi connectivity index (χ3n) is 4.27. The van der Waals surface area contributed by atoms with Crippen LogP contribution in [0.4, 0.5) is 10.1 Å². The molecule has 1 aromatic rings. The lowest BCUT2D eigenvalue weighted by atomic mass is 9.86. The van der Waals surface area contributed by atoms with Crippen molar-refractivity contribution in [3.05, 3.63) is 28.0 Å². The monoisotopic (exact) mass is 341 g/mol. The zero-order valence-corrected chi connectivity index (χ0v) is 13.5. The third-order valence-corrected chi connectivity index (χ3v) is 5.04. The summed E-state index contributed by atoms with van der Waals surface area (Å²) in [6.07, 6.45) is 4.60. The molecule has 1 aliphatic rings. The van der Waals surface area contributed by atoms with Gasteiger partial charge in [-0.3, -0.25) is 5.41 Å². The van der Waals surface area contributed by atoms with Crippen LogP contribution < -0.4 is 10.6 Å². The summed E-state index contributed by atoms with van der Waals surface area (Å²) < 4.78 is 14.7. The van der Waals surface area contributed by atoms with E-state index in [2.05, 4.69) is 22.9 Å². The Bertz CT molecular complexity index is 510. The molecular weight excluding hydrogens is 321 g/mol. The number of nitrogen functional groups attached to an aromatic ring is 1. The molecule has 1 saturated carbocycles. The van der Waals surface area contributed by atoms with Gasteiger partial charge in [0, 0.05) is 18.7 Å². The Kier molecular flexibility index (Phi) is 4.68. The van der Waals surface area contributed by atoms with Gasteiger partial charge in [-0.15, -0.1) is 0 Å². The van der Waals surface area contributed by atoms with Crippen LogP contribution in [0.5, 0.6) is 0 Å². The van der Waals surface area contributed by atoms with Gasteiger partial charge in [-0.1, -0.05) is 6.92 Å². The molecule has 0 atom stereocenters. The third kappa shape index (κ3) is 2.97. The standard InChI is InChI=1S/C15H21BrFN3/c1-9-3-5-10(6-4-9)20(2)12-8-7-11(15(18)19)13(16)14(12)17/h7-10H,3-6H2,1-2H3,(H3,18,19). The summed E-state index contributed by atoms with van der Waals surface area (Å²) in [6, 6.07) is 3.80. The molecule has 0 unspecified atom stereocenters. The summed E-state index contributed by atoms with van der Waals surface area (Å²) >= 11 is 3.21. The van der Waals surface area contributed by atoms with Gasteiger partial charge in [0.05, 0.1) is 10.2 Å². The molecule has 0 heterocycles. The van der Waals surface area contributed by atoms with E-state index in [1.54, 1.807) is 12.1 Å². The molecule has 0 radical (unpaired) electrons. The Hall–Kier alpha value is -1.10. The molecule has 5 heteroatoms. The SMILES string of the molecule is CC1CCC(N(C)c2ccc(C(=N)N)c(Br)c2F)CC1. The van der Waals surface area contributed by atoms with Gasteiger partial charge in [0.25, 0.3) is 0 Å². The first-order chi connectivity index (χ1) is 9.41. The van der Waals surface area contributed by atoms with Crippen molar-refractivity contribution in [2.75, 3.05) is 11.9 Å². The van der Waals surface area contributed by atoms with Crippen LogP contribution in [-0.4, -0.2) is 18.9 Å². The maximum absolute atomic E-state index is 14.5. The van der Waals surface area contributed by atoms with Gasteiger partial charge in [-0.05, 0) is 59.7 Å². The minimum Gasteiger partial charge on any atom is -0.384 e. The van der Waals surface area contributed by atoms with Crippen LogP contribution in [0, 0.1) is 17.1 Å². The van der Waals surface area contributed by atoms with Crippen LogP contribution in [0.2, 0.25) is 0 Å². The number of nitrogens with two attached hydrogens (primary N) is 1. The van der Waals surface area contributed by atoms with Crippen LogP contribution in [0.15, 0.2) is 16.6 Å². The van der Waals surface area contributed by atoms with Crippen molar-refractivity contribution in [2.24, 2.45) is 11.7 Å². The van der Waals surface area contributed by atoms with Gasteiger partial charge in [0.1, 0.15) is 5.84 Å². The summed E-state index contributed by atoms with van der Waals surface area (Å²) in [4.78, 5) is 2.02. The second kappa shape index (κ2) is 6.12. The molecule has 110 valence electrons. The average Bonchev–Trinajstić information content (AvgIpc) is 2.41. The number of rotatable bonds is 3. The molecule has 0 aliphatic heterocycles. The second-order valence-electron chi connectivity index (χ2n) is 5.70. The summed E-state index contributed by atoms with van der Waals surface area (Å²) in [7, 11) is 1.94. The predicted molar refractivity (Wildman–Crippen MR) is 84.9 cm³/mol. The summed E-state index contributed by atoms with van der Waals surface area (Å²) in [5.74, 6) is 0.312.